The van der Waals surface area contributed by atoms with Gasteiger partial charge in [0.1, 0.15) is 0 Å². The van der Waals surface area contributed by atoms with Crippen molar-refractivity contribution in [3.63, 3.8) is 0 Å². The number of allylic oxidation sites excluding steroid dienone is 2. The van der Waals surface area contributed by atoms with E-state index < -0.39 is 0 Å². The van der Waals surface area contributed by atoms with Crippen LogP contribution in [-0.4, -0.2) is 25.0 Å². The minimum atomic E-state index is 0.675. The highest BCUT2D eigenvalue weighted by atomic mass is 15.1. The Morgan fingerprint density at radius 1 is 1.78 bits per heavy atom. The van der Waals surface area contributed by atoms with Crippen LogP contribution in [0.3, 0.4) is 0 Å². The van der Waals surface area contributed by atoms with E-state index in [1.165, 1.54) is 5.57 Å². The zero-order chi connectivity index (χ0) is 6.69. The molecule has 0 bridgehead atoms. The van der Waals surface area contributed by atoms with Gasteiger partial charge in [0.2, 0.25) is 0 Å². The summed E-state index contributed by atoms with van der Waals surface area (Å²) in [6, 6.07) is 0. The molecule has 0 radical (unpaired) electrons. The highest BCUT2D eigenvalue weighted by Gasteiger charge is 1.99. The van der Waals surface area contributed by atoms with E-state index in [1.54, 1.807) is 0 Å². The molecule has 0 saturated carbocycles. The fourth-order valence-electron chi connectivity index (χ4n) is 0.884. The predicted molar refractivity (Wildman–Crippen MR) is 38.9 cm³/mol. The Labute approximate surface area is 55.6 Å². The summed E-state index contributed by atoms with van der Waals surface area (Å²) >= 11 is 0. The molecule has 0 atom stereocenters. The molecule has 1 aliphatic heterocycles. The van der Waals surface area contributed by atoms with Crippen LogP contribution in [0.1, 0.15) is 0 Å². The number of likely N-dealkylation sites (N-methyl/N-ethyl adjacent to an activating group) is 1. The van der Waals surface area contributed by atoms with Crippen molar-refractivity contribution in [1.29, 1.82) is 0 Å². The zero-order valence-corrected chi connectivity index (χ0v) is 5.67. The number of nitrogens with zero attached hydrogens (tertiary/aromatic N) is 1. The van der Waals surface area contributed by atoms with E-state index in [2.05, 4.69) is 11.0 Å². The molecule has 1 aliphatic rings. The van der Waals surface area contributed by atoms with Crippen LogP contribution in [0.5, 0.6) is 0 Å². The monoisotopic (exact) mass is 124 g/mol. The summed E-state index contributed by atoms with van der Waals surface area (Å²) in [6.45, 7) is 1.65. The second kappa shape index (κ2) is 2.69. The first kappa shape index (κ1) is 6.36. The maximum atomic E-state index is 5.44. The Bertz CT molecular complexity index is 147. The van der Waals surface area contributed by atoms with Crippen LogP contribution in [0.4, 0.5) is 0 Å². The minimum absolute atomic E-state index is 0.675. The summed E-state index contributed by atoms with van der Waals surface area (Å²) in [5.74, 6) is 0. The average molecular weight is 124 g/mol. The highest BCUT2D eigenvalue weighted by Crippen LogP contribution is 2.02. The predicted octanol–water partition coefficient (Wildman–Crippen LogP) is 0.331. The van der Waals surface area contributed by atoms with Gasteiger partial charge in [-0.25, -0.2) is 0 Å². The van der Waals surface area contributed by atoms with Gasteiger partial charge in [-0.3, -0.25) is 0 Å². The van der Waals surface area contributed by atoms with Crippen LogP contribution in [0.25, 0.3) is 0 Å². The van der Waals surface area contributed by atoms with Crippen LogP contribution in [-0.2, 0) is 0 Å². The molecule has 1 heterocycles. The molecule has 2 N–H and O–H groups in total. The maximum Gasteiger partial charge on any atom is 0.0395 e. The van der Waals surface area contributed by atoms with Crippen LogP contribution < -0.4 is 5.73 Å². The molecule has 9 heavy (non-hydrogen) atoms. The summed E-state index contributed by atoms with van der Waals surface area (Å²) in [6.07, 6.45) is 6.13. The van der Waals surface area contributed by atoms with Crippen molar-refractivity contribution in [3.8, 4) is 0 Å². The van der Waals surface area contributed by atoms with Gasteiger partial charge in [-0.05, 0) is 17.8 Å². The van der Waals surface area contributed by atoms with E-state index in [9.17, 15) is 0 Å². The van der Waals surface area contributed by atoms with E-state index >= 15 is 0 Å². The third kappa shape index (κ3) is 1.57. The van der Waals surface area contributed by atoms with Gasteiger partial charge < -0.3 is 10.6 Å². The molecule has 0 saturated heterocycles. The Balaban J connectivity index is 2.55. The summed E-state index contributed by atoms with van der Waals surface area (Å²) < 4.78 is 0. The molecular formula is C7H12N2. The number of rotatable bonds is 1. The molecule has 0 unspecified atom stereocenters. The van der Waals surface area contributed by atoms with Crippen LogP contribution in [0.2, 0.25) is 0 Å². The summed E-state index contributed by atoms with van der Waals surface area (Å²) in [5, 5.41) is 0. The first-order chi connectivity index (χ1) is 4.33. The number of hydrogen-bond donors (Lipinski definition) is 1. The molecule has 0 amide bonds. The van der Waals surface area contributed by atoms with E-state index in [0.717, 1.165) is 6.54 Å². The van der Waals surface area contributed by atoms with Crippen molar-refractivity contribution in [2.24, 2.45) is 5.73 Å². The molecule has 2 nitrogen and oxygen atoms in total. The highest BCUT2D eigenvalue weighted by molar-refractivity contribution is 5.19. The average Bonchev–Trinajstić information content (AvgIpc) is 1.88. The number of hydrogen-bond acceptors (Lipinski definition) is 2. The fraction of sp³-hybridized carbons (Fsp3) is 0.429. The molecular weight excluding hydrogens is 112 g/mol. The van der Waals surface area contributed by atoms with Crippen molar-refractivity contribution in [1.82, 2.24) is 4.90 Å². The number of nitrogens with two attached hydrogens (primary N) is 1. The topological polar surface area (TPSA) is 29.3 Å². The molecule has 0 aromatic heterocycles. The van der Waals surface area contributed by atoms with Crippen molar-refractivity contribution in [2.75, 3.05) is 20.1 Å². The summed E-state index contributed by atoms with van der Waals surface area (Å²) in [4.78, 5) is 2.11. The first-order valence-corrected chi connectivity index (χ1v) is 3.09. The lowest BCUT2D eigenvalue weighted by Gasteiger charge is -2.18. The van der Waals surface area contributed by atoms with E-state index in [-0.39, 0.29) is 0 Å². The van der Waals surface area contributed by atoms with E-state index in [4.69, 9.17) is 5.73 Å². The second-order valence-corrected chi connectivity index (χ2v) is 2.29. The van der Waals surface area contributed by atoms with Gasteiger partial charge in [0.05, 0.1) is 0 Å². The van der Waals surface area contributed by atoms with Gasteiger partial charge in [0, 0.05) is 20.1 Å². The second-order valence-electron chi connectivity index (χ2n) is 2.29. The largest absolute Gasteiger partial charge is 0.376 e. The molecule has 0 aliphatic carbocycles. The van der Waals surface area contributed by atoms with Crippen molar-refractivity contribution >= 4 is 0 Å². The van der Waals surface area contributed by atoms with E-state index in [1.807, 2.05) is 19.3 Å². The summed E-state index contributed by atoms with van der Waals surface area (Å²) in [5.41, 5.74) is 6.73. The lowest BCUT2D eigenvalue weighted by molar-refractivity contribution is 0.487. The van der Waals surface area contributed by atoms with Crippen LogP contribution >= 0.6 is 0 Å². The maximum absolute atomic E-state index is 5.44. The minimum Gasteiger partial charge on any atom is -0.376 e. The molecule has 0 spiro atoms. The third-order valence-electron chi connectivity index (χ3n) is 1.39. The normalized spacial score (nSPS) is 18.0. The van der Waals surface area contributed by atoms with Crippen molar-refractivity contribution in [3.05, 3.63) is 23.9 Å². The van der Waals surface area contributed by atoms with Crippen molar-refractivity contribution < 1.29 is 0 Å². The summed E-state index contributed by atoms with van der Waals surface area (Å²) in [7, 11) is 2.04. The van der Waals surface area contributed by atoms with Gasteiger partial charge in [0.15, 0.2) is 0 Å². The first-order valence-electron chi connectivity index (χ1n) is 3.09. The molecule has 50 valence electrons. The molecule has 0 fully saturated rings. The molecule has 0 aromatic rings. The standard InChI is InChI=1S/C7H12N2/c1-9-4-2-3-7(5-8)6-9/h2-4H,5-6,8H2,1H3. The molecule has 1 rings (SSSR count). The lowest BCUT2D eigenvalue weighted by Crippen LogP contribution is -2.20. The van der Waals surface area contributed by atoms with Gasteiger partial charge in [-0.15, -0.1) is 0 Å². The Morgan fingerprint density at radius 3 is 3.00 bits per heavy atom. The third-order valence-corrected chi connectivity index (χ3v) is 1.39. The van der Waals surface area contributed by atoms with Gasteiger partial charge in [-0.2, -0.15) is 0 Å². The lowest BCUT2D eigenvalue weighted by atomic mass is 10.2. The zero-order valence-electron chi connectivity index (χ0n) is 5.67. The molecule has 2 heteroatoms. The smallest absolute Gasteiger partial charge is 0.0395 e. The Kier molecular flexibility index (Phi) is 1.90. The van der Waals surface area contributed by atoms with Crippen LogP contribution in [0, 0.1) is 0 Å². The van der Waals surface area contributed by atoms with E-state index in [0.29, 0.717) is 6.54 Å². The van der Waals surface area contributed by atoms with Gasteiger partial charge in [0.25, 0.3) is 0 Å². The Hall–Kier alpha value is -0.760. The SMILES string of the molecule is CN1C=CC=C(CN)C1. The van der Waals surface area contributed by atoms with Crippen molar-refractivity contribution in [2.45, 2.75) is 0 Å². The molecule has 0 aromatic carbocycles. The van der Waals surface area contributed by atoms with Gasteiger partial charge >= 0.3 is 0 Å². The van der Waals surface area contributed by atoms with Gasteiger partial charge in [-0.1, -0.05) is 6.08 Å². The fourth-order valence-corrected chi connectivity index (χ4v) is 0.884. The Morgan fingerprint density at radius 2 is 2.56 bits per heavy atom. The quantitative estimate of drug-likeness (QED) is 0.546. The van der Waals surface area contributed by atoms with Crippen LogP contribution in [0.15, 0.2) is 23.9 Å².